The average Bonchev–Trinajstić information content (AvgIpc) is 2.70. The molecule has 6 nitrogen and oxygen atoms in total. The van der Waals surface area contributed by atoms with E-state index >= 15 is 0 Å². The Hall–Kier alpha value is -1.79. The first-order valence-corrected chi connectivity index (χ1v) is 10.5. The number of piperidine rings is 1. The highest BCUT2D eigenvalue weighted by molar-refractivity contribution is 5.95. The van der Waals surface area contributed by atoms with Gasteiger partial charge in [0, 0.05) is 44.3 Å². The first kappa shape index (κ1) is 22.5. The van der Waals surface area contributed by atoms with Crippen molar-refractivity contribution in [2.24, 2.45) is 0 Å². The predicted molar refractivity (Wildman–Crippen MR) is 111 cm³/mol. The number of ether oxygens (including phenoxy) is 3. The zero-order valence-electron chi connectivity index (χ0n) is 17.8. The molecule has 1 aliphatic rings. The first-order chi connectivity index (χ1) is 13.6. The number of nitrogens with one attached hydrogen (secondary N) is 1. The topological polar surface area (TPSA) is 60.0 Å². The smallest absolute Gasteiger partial charge is 0.254 e. The number of carbonyl (C=O) groups is 1. The van der Waals surface area contributed by atoms with Crippen LogP contribution < -0.4 is 14.8 Å². The summed E-state index contributed by atoms with van der Waals surface area (Å²) in [6.07, 6.45) is 3.83. The molecule has 0 aliphatic carbocycles. The minimum absolute atomic E-state index is 0.0486. The maximum Gasteiger partial charge on any atom is 0.254 e. The van der Waals surface area contributed by atoms with Gasteiger partial charge in [-0.2, -0.15) is 0 Å². The largest absolute Gasteiger partial charge is 0.490 e. The van der Waals surface area contributed by atoms with Crippen molar-refractivity contribution in [1.82, 2.24) is 10.2 Å². The van der Waals surface area contributed by atoms with Gasteiger partial charge < -0.3 is 24.4 Å². The summed E-state index contributed by atoms with van der Waals surface area (Å²) >= 11 is 0. The van der Waals surface area contributed by atoms with Gasteiger partial charge in [0.15, 0.2) is 11.5 Å². The molecule has 1 fully saturated rings. The molecule has 1 atom stereocenters. The number of carbonyl (C=O) groups excluding carboxylic acids is 1. The standard InChI is InChI=1S/C22H36N2O4/c1-5-12-27-20-10-9-18(15-21(20)28-14-7-13-26-4)22(25)24(17(2)3)19-8-6-11-23-16-19/h9-10,15,17,19,23H,5-8,11-14,16H2,1-4H3/t19-/m1/s1. The fourth-order valence-corrected chi connectivity index (χ4v) is 3.51. The van der Waals surface area contributed by atoms with E-state index < -0.39 is 0 Å². The lowest BCUT2D eigenvalue weighted by molar-refractivity contribution is 0.0573. The third kappa shape index (κ3) is 6.38. The van der Waals surface area contributed by atoms with E-state index in [4.69, 9.17) is 14.2 Å². The van der Waals surface area contributed by atoms with E-state index in [1.54, 1.807) is 7.11 Å². The molecule has 0 saturated carbocycles. The summed E-state index contributed by atoms with van der Waals surface area (Å²) in [5.74, 6) is 1.36. The van der Waals surface area contributed by atoms with Gasteiger partial charge in [0.25, 0.3) is 5.91 Å². The third-order valence-electron chi connectivity index (χ3n) is 4.86. The van der Waals surface area contributed by atoms with E-state index in [1.807, 2.05) is 23.1 Å². The van der Waals surface area contributed by atoms with Crippen LogP contribution in [0.1, 0.15) is 56.8 Å². The van der Waals surface area contributed by atoms with Gasteiger partial charge in [-0.3, -0.25) is 4.79 Å². The highest BCUT2D eigenvalue weighted by Crippen LogP contribution is 2.30. The maximum absolute atomic E-state index is 13.3. The number of hydrogen-bond acceptors (Lipinski definition) is 5. The monoisotopic (exact) mass is 392 g/mol. The van der Waals surface area contributed by atoms with Crippen molar-refractivity contribution < 1.29 is 19.0 Å². The summed E-state index contributed by atoms with van der Waals surface area (Å²) < 4.78 is 16.8. The molecule has 1 saturated heterocycles. The van der Waals surface area contributed by atoms with Gasteiger partial charge in [-0.15, -0.1) is 0 Å². The molecule has 1 amide bonds. The molecule has 0 unspecified atom stereocenters. The Balaban J connectivity index is 2.20. The molecule has 1 aromatic rings. The molecule has 1 aliphatic heterocycles. The van der Waals surface area contributed by atoms with Crippen molar-refractivity contribution in [3.05, 3.63) is 23.8 Å². The van der Waals surface area contributed by atoms with Gasteiger partial charge in [0.05, 0.1) is 13.2 Å². The molecule has 1 N–H and O–H groups in total. The Morgan fingerprint density at radius 2 is 2.00 bits per heavy atom. The predicted octanol–water partition coefficient (Wildman–Crippen LogP) is 3.49. The van der Waals surface area contributed by atoms with Crippen LogP contribution in [0.15, 0.2) is 18.2 Å². The van der Waals surface area contributed by atoms with Crippen LogP contribution in [0.3, 0.4) is 0 Å². The molecule has 2 rings (SSSR count). The minimum atomic E-state index is 0.0486. The molecule has 1 aromatic carbocycles. The van der Waals surface area contributed by atoms with Gasteiger partial charge in [0.1, 0.15) is 0 Å². The zero-order chi connectivity index (χ0) is 20.4. The van der Waals surface area contributed by atoms with Crippen molar-refractivity contribution in [3.63, 3.8) is 0 Å². The molecule has 1 heterocycles. The molecule has 28 heavy (non-hydrogen) atoms. The van der Waals surface area contributed by atoms with E-state index in [9.17, 15) is 4.79 Å². The molecule has 0 aromatic heterocycles. The Morgan fingerprint density at radius 3 is 2.64 bits per heavy atom. The molecule has 0 spiro atoms. The fourth-order valence-electron chi connectivity index (χ4n) is 3.51. The number of hydrogen-bond donors (Lipinski definition) is 1. The van der Waals surface area contributed by atoms with Gasteiger partial charge in [-0.25, -0.2) is 0 Å². The molecule has 158 valence electrons. The zero-order valence-corrected chi connectivity index (χ0v) is 17.8. The average molecular weight is 393 g/mol. The second-order valence-corrected chi connectivity index (χ2v) is 7.51. The second kappa shape index (κ2) is 11.9. The SMILES string of the molecule is CCCOc1ccc(C(=O)N(C(C)C)[C@@H]2CCCNC2)cc1OCCCOC. The number of rotatable bonds is 11. The molecule has 0 radical (unpaired) electrons. The maximum atomic E-state index is 13.3. The lowest BCUT2D eigenvalue weighted by Crippen LogP contribution is -2.51. The first-order valence-electron chi connectivity index (χ1n) is 10.5. The van der Waals surface area contributed by atoms with Crippen LogP contribution in [0.2, 0.25) is 0 Å². The van der Waals surface area contributed by atoms with E-state index in [2.05, 4.69) is 26.1 Å². The van der Waals surface area contributed by atoms with Crippen molar-refractivity contribution in [2.45, 2.75) is 58.5 Å². The van der Waals surface area contributed by atoms with Crippen molar-refractivity contribution in [2.75, 3.05) is 40.0 Å². The summed E-state index contributed by atoms with van der Waals surface area (Å²) in [6.45, 7) is 9.87. The Labute approximate surface area is 169 Å². The number of amides is 1. The van der Waals surface area contributed by atoms with Gasteiger partial charge in [-0.1, -0.05) is 6.92 Å². The lowest BCUT2D eigenvalue weighted by Gasteiger charge is -2.37. The van der Waals surface area contributed by atoms with Crippen LogP contribution in [0.4, 0.5) is 0 Å². The third-order valence-corrected chi connectivity index (χ3v) is 4.86. The van der Waals surface area contributed by atoms with E-state index in [0.717, 1.165) is 38.8 Å². The summed E-state index contributed by atoms with van der Waals surface area (Å²) in [6, 6.07) is 5.89. The summed E-state index contributed by atoms with van der Waals surface area (Å²) in [7, 11) is 1.68. The van der Waals surface area contributed by atoms with E-state index in [0.29, 0.717) is 36.9 Å². The van der Waals surface area contributed by atoms with E-state index in [1.165, 1.54) is 0 Å². The van der Waals surface area contributed by atoms with Gasteiger partial charge in [-0.05, 0) is 57.9 Å². The van der Waals surface area contributed by atoms with Crippen LogP contribution in [0.25, 0.3) is 0 Å². The quantitative estimate of drug-likeness (QED) is 0.584. The number of methoxy groups -OCH3 is 1. The molecular weight excluding hydrogens is 356 g/mol. The van der Waals surface area contributed by atoms with Crippen molar-refractivity contribution in [1.29, 1.82) is 0 Å². The molecule has 0 bridgehead atoms. The van der Waals surface area contributed by atoms with Crippen LogP contribution >= 0.6 is 0 Å². The van der Waals surface area contributed by atoms with Crippen molar-refractivity contribution in [3.8, 4) is 11.5 Å². The summed E-state index contributed by atoms with van der Waals surface area (Å²) in [4.78, 5) is 15.3. The number of nitrogens with zero attached hydrogens (tertiary/aromatic N) is 1. The highest BCUT2D eigenvalue weighted by Gasteiger charge is 2.28. The normalized spacial score (nSPS) is 16.8. The Kier molecular flexibility index (Phi) is 9.58. The van der Waals surface area contributed by atoms with Gasteiger partial charge >= 0.3 is 0 Å². The second-order valence-electron chi connectivity index (χ2n) is 7.51. The fraction of sp³-hybridized carbons (Fsp3) is 0.682. The summed E-state index contributed by atoms with van der Waals surface area (Å²) in [5.41, 5.74) is 0.643. The minimum Gasteiger partial charge on any atom is -0.490 e. The van der Waals surface area contributed by atoms with E-state index in [-0.39, 0.29) is 18.0 Å². The lowest BCUT2D eigenvalue weighted by atomic mass is 10.0. The molecule has 6 heteroatoms. The van der Waals surface area contributed by atoms with Crippen LogP contribution in [-0.4, -0.2) is 62.9 Å². The van der Waals surface area contributed by atoms with Crippen LogP contribution in [0, 0.1) is 0 Å². The Bertz CT molecular complexity index is 600. The molecular formula is C22H36N2O4. The Morgan fingerprint density at radius 1 is 1.21 bits per heavy atom. The van der Waals surface area contributed by atoms with Crippen LogP contribution in [-0.2, 0) is 4.74 Å². The van der Waals surface area contributed by atoms with Crippen LogP contribution in [0.5, 0.6) is 11.5 Å². The van der Waals surface area contributed by atoms with Gasteiger partial charge in [0.2, 0.25) is 0 Å². The number of benzene rings is 1. The summed E-state index contributed by atoms with van der Waals surface area (Å²) in [5, 5.41) is 3.41. The highest BCUT2D eigenvalue weighted by atomic mass is 16.5. The van der Waals surface area contributed by atoms with Crippen molar-refractivity contribution >= 4 is 5.91 Å².